The SMILES string of the molecule is CN(CCO)S(=O)(=O)c1ccccc1CNc1ncnc2c1oc1ccccc12. The summed E-state index contributed by atoms with van der Waals surface area (Å²) in [5.41, 5.74) is 2.51. The molecule has 0 saturated carbocycles. The van der Waals surface area contributed by atoms with Crippen molar-refractivity contribution >= 4 is 37.9 Å². The van der Waals surface area contributed by atoms with Gasteiger partial charge in [0.1, 0.15) is 17.4 Å². The number of nitrogens with one attached hydrogen (secondary N) is 1. The van der Waals surface area contributed by atoms with Crippen LogP contribution in [0.5, 0.6) is 0 Å². The first-order valence-corrected chi connectivity index (χ1v) is 10.5. The minimum atomic E-state index is -3.72. The second-order valence-electron chi connectivity index (χ2n) is 6.51. The Balaban J connectivity index is 1.67. The fourth-order valence-corrected chi connectivity index (χ4v) is 4.54. The van der Waals surface area contributed by atoms with E-state index < -0.39 is 10.0 Å². The first-order chi connectivity index (χ1) is 14.0. The molecule has 9 heteroatoms. The van der Waals surface area contributed by atoms with Gasteiger partial charge in [0, 0.05) is 25.5 Å². The molecule has 0 bridgehead atoms. The van der Waals surface area contributed by atoms with Gasteiger partial charge >= 0.3 is 0 Å². The molecule has 0 aliphatic carbocycles. The van der Waals surface area contributed by atoms with Crippen LogP contribution in [0, 0.1) is 0 Å². The number of anilines is 1. The highest BCUT2D eigenvalue weighted by Gasteiger charge is 2.23. The number of fused-ring (bicyclic) bond motifs is 3. The van der Waals surface area contributed by atoms with E-state index in [1.807, 2.05) is 24.3 Å². The number of aliphatic hydroxyl groups excluding tert-OH is 1. The van der Waals surface area contributed by atoms with E-state index in [0.717, 1.165) is 9.69 Å². The second-order valence-corrected chi connectivity index (χ2v) is 8.52. The topological polar surface area (TPSA) is 109 Å². The van der Waals surface area contributed by atoms with E-state index in [4.69, 9.17) is 9.52 Å². The molecule has 2 N–H and O–H groups in total. The Morgan fingerprint density at radius 1 is 1.10 bits per heavy atom. The lowest BCUT2D eigenvalue weighted by atomic mass is 10.2. The van der Waals surface area contributed by atoms with Gasteiger partial charge in [0.2, 0.25) is 10.0 Å². The number of rotatable bonds is 7. The van der Waals surface area contributed by atoms with Crippen LogP contribution in [0.2, 0.25) is 0 Å². The van der Waals surface area contributed by atoms with Crippen molar-refractivity contribution in [2.24, 2.45) is 0 Å². The van der Waals surface area contributed by atoms with Crippen molar-refractivity contribution in [3.63, 3.8) is 0 Å². The van der Waals surface area contributed by atoms with Crippen molar-refractivity contribution in [3.8, 4) is 0 Å². The molecule has 4 rings (SSSR count). The Labute approximate surface area is 167 Å². The van der Waals surface area contributed by atoms with Gasteiger partial charge in [-0.2, -0.15) is 4.31 Å². The highest BCUT2D eigenvalue weighted by molar-refractivity contribution is 7.89. The standard InChI is InChI=1S/C20H20N4O4S/c1-24(10-11-25)29(26,27)17-9-5-2-6-14(17)12-21-20-19-18(22-13-23-20)15-7-3-4-8-16(15)28-19/h2-9,13,25H,10-12H2,1H3,(H,21,22,23). The maximum atomic E-state index is 12.8. The van der Waals surface area contributed by atoms with Crippen LogP contribution in [0.15, 0.2) is 64.2 Å². The molecule has 2 heterocycles. The van der Waals surface area contributed by atoms with Gasteiger partial charge in [0.05, 0.1) is 11.5 Å². The van der Waals surface area contributed by atoms with Crippen LogP contribution in [-0.2, 0) is 16.6 Å². The van der Waals surface area contributed by atoms with E-state index in [-0.39, 0.29) is 24.6 Å². The number of para-hydroxylation sites is 1. The lowest BCUT2D eigenvalue weighted by Crippen LogP contribution is -2.30. The Kier molecular flexibility index (Phi) is 5.18. The maximum absolute atomic E-state index is 12.8. The lowest BCUT2D eigenvalue weighted by Gasteiger charge is -2.18. The van der Waals surface area contributed by atoms with Crippen molar-refractivity contribution in [3.05, 3.63) is 60.4 Å². The molecule has 0 aliphatic heterocycles. The Morgan fingerprint density at radius 2 is 1.86 bits per heavy atom. The molecule has 0 radical (unpaired) electrons. The highest BCUT2D eigenvalue weighted by Crippen LogP contribution is 2.30. The number of sulfonamides is 1. The largest absolute Gasteiger partial charge is 0.450 e. The van der Waals surface area contributed by atoms with Gasteiger partial charge in [0.25, 0.3) is 0 Å². The molecule has 150 valence electrons. The summed E-state index contributed by atoms with van der Waals surface area (Å²) in [7, 11) is -2.28. The summed E-state index contributed by atoms with van der Waals surface area (Å²) in [6, 6.07) is 14.3. The van der Waals surface area contributed by atoms with Crippen molar-refractivity contribution < 1.29 is 17.9 Å². The molecule has 0 atom stereocenters. The minimum absolute atomic E-state index is 0.0234. The van der Waals surface area contributed by atoms with Crippen molar-refractivity contribution in [2.45, 2.75) is 11.4 Å². The Bertz CT molecular complexity index is 1270. The maximum Gasteiger partial charge on any atom is 0.243 e. The van der Waals surface area contributed by atoms with Gasteiger partial charge in [-0.05, 0) is 23.8 Å². The number of hydrogen-bond acceptors (Lipinski definition) is 7. The number of hydrogen-bond donors (Lipinski definition) is 2. The quantitative estimate of drug-likeness (QED) is 0.480. The highest BCUT2D eigenvalue weighted by atomic mass is 32.2. The first kappa shape index (κ1) is 19.3. The molecule has 0 spiro atoms. The lowest BCUT2D eigenvalue weighted by molar-refractivity contribution is 0.266. The molecule has 0 aliphatic rings. The van der Waals surface area contributed by atoms with Gasteiger partial charge < -0.3 is 14.8 Å². The van der Waals surface area contributed by atoms with E-state index in [1.54, 1.807) is 24.3 Å². The monoisotopic (exact) mass is 412 g/mol. The summed E-state index contributed by atoms with van der Waals surface area (Å²) >= 11 is 0. The molecular formula is C20H20N4O4S. The first-order valence-electron chi connectivity index (χ1n) is 9.03. The second kappa shape index (κ2) is 7.78. The van der Waals surface area contributed by atoms with Crippen LogP contribution in [0.4, 0.5) is 5.82 Å². The van der Waals surface area contributed by atoms with Gasteiger partial charge in [-0.15, -0.1) is 0 Å². The van der Waals surface area contributed by atoms with Crippen LogP contribution in [-0.4, -0.2) is 48.0 Å². The third-order valence-corrected chi connectivity index (χ3v) is 6.64. The Hall–Kier alpha value is -3.01. The minimum Gasteiger partial charge on any atom is -0.450 e. The molecule has 2 aromatic heterocycles. The van der Waals surface area contributed by atoms with Crippen LogP contribution in [0.25, 0.3) is 22.1 Å². The van der Waals surface area contributed by atoms with E-state index in [1.165, 1.54) is 13.4 Å². The zero-order valence-corrected chi connectivity index (χ0v) is 16.6. The van der Waals surface area contributed by atoms with Crippen molar-refractivity contribution in [1.29, 1.82) is 0 Å². The molecule has 0 amide bonds. The predicted octanol–water partition coefficient (Wildman–Crippen LogP) is 2.60. The molecule has 8 nitrogen and oxygen atoms in total. The fourth-order valence-electron chi connectivity index (χ4n) is 3.16. The molecular weight excluding hydrogens is 392 g/mol. The number of aliphatic hydroxyl groups is 1. The van der Waals surface area contributed by atoms with Crippen LogP contribution >= 0.6 is 0 Å². The predicted molar refractivity (Wildman–Crippen MR) is 110 cm³/mol. The number of aromatic nitrogens is 2. The number of nitrogens with zero attached hydrogens (tertiary/aromatic N) is 3. The number of likely N-dealkylation sites (N-methyl/N-ethyl adjacent to an activating group) is 1. The average Bonchev–Trinajstić information content (AvgIpc) is 3.12. The molecule has 2 aromatic carbocycles. The van der Waals surface area contributed by atoms with Gasteiger partial charge in [-0.3, -0.25) is 0 Å². The molecule has 0 unspecified atom stereocenters. The third kappa shape index (κ3) is 3.55. The number of benzene rings is 2. The van der Waals surface area contributed by atoms with Crippen molar-refractivity contribution in [1.82, 2.24) is 14.3 Å². The molecule has 29 heavy (non-hydrogen) atoms. The molecule has 0 fully saturated rings. The summed E-state index contributed by atoms with van der Waals surface area (Å²) in [5, 5.41) is 13.1. The average molecular weight is 412 g/mol. The van der Waals surface area contributed by atoms with Gasteiger partial charge in [-0.1, -0.05) is 30.3 Å². The third-order valence-electron chi connectivity index (χ3n) is 4.68. The summed E-state index contributed by atoms with van der Waals surface area (Å²) < 4.78 is 32.7. The number of furan rings is 1. The summed E-state index contributed by atoms with van der Waals surface area (Å²) in [6.07, 6.45) is 1.45. The van der Waals surface area contributed by atoms with E-state index in [9.17, 15) is 8.42 Å². The smallest absolute Gasteiger partial charge is 0.243 e. The van der Waals surface area contributed by atoms with Gasteiger partial charge in [-0.25, -0.2) is 18.4 Å². The van der Waals surface area contributed by atoms with Crippen LogP contribution in [0.3, 0.4) is 0 Å². The fraction of sp³-hybridized carbons (Fsp3) is 0.200. The van der Waals surface area contributed by atoms with Crippen LogP contribution in [0.1, 0.15) is 5.56 Å². The van der Waals surface area contributed by atoms with E-state index in [0.29, 0.717) is 28.1 Å². The van der Waals surface area contributed by atoms with E-state index in [2.05, 4.69) is 15.3 Å². The van der Waals surface area contributed by atoms with Gasteiger partial charge in [0.15, 0.2) is 11.4 Å². The summed E-state index contributed by atoms with van der Waals surface area (Å²) in [5.74, 6) is 0.488. The Morgan fingerprint density at radius 3 is 2.69 bits per heavy atom. The normalized spacial score (nSPS) is 12.1. The van der Waals surface area contributed by atoms with E-state index >= 15 is 0 Å². The molecule has 0 saturated heterocycles. The zero-order chi connectivity index (χ0) is 20.4. The summed E-state index contributed by atoms with van der Waals surface area (Å²) in [4.78, 5) is 8.76. The van der Waals surface area contributed by atoms with Crippen molar-refractivity contribution in [2.75, 3.05) is 25.5 Å². The van der Waals surface area contributed by atoms with Crippen LogP contribution < -0.4 is 5.32 Å². The molecule has 4 aromatic rings. The zero-order valence-electron chi connectivity index (χ0n) is 15.7. The summed E-state index contributed by atoms with van der Waals surface area (Å²) in [6.45, 7) is 0.00224.